The maximum Gasteiger partial charge on any atom is 0.408 e. The Balaban J connectivity index is 3.27. The van der Waals surface area contributed by atoms with Gasteiger partial charge in [0.25, 0.3) is 0 Å². The Bertz CT molecular complexity index is 781. The molecule has 7 heteroatoms. The van der Waals surface area contributed by atoms with Crippen molar-refractivity contribution in [2.24, 2.45) is 0 Å². The third kappa shape index (κ3) is 9.06. The van der Waals surface area contributed by atoms with Crippen molar-refractivity contribution in [3.05, 3.63) is 34.9 Å². The first-order valence-corrected chi connectivity index (χ1v) is 12.1. The van der Waals surface area contributed by atoms with Crippen molar-refractivity contribution in [2.75, 3.05) is 13.1 Å². The largest absolute Gasteiger partial charge is 0.444 e. The van der Waals surface area contributed by atoms with E-state index in [4.69, 9.17) is 4.74 Å². The molecule has 0 saturated heterocycles. The Morgan fingerprint density at radius 3 is 2.15 bits per heavy atom. The number of amides is 3. The zero-order valence-corrected chi connectivity index (χ0v) is 21.7. The molecule has 2 unspecified atom stereocenters. The van der Waals surface area contributed by atoms with Crippen molar-refractivity contribution < 1.29 is 19.1 Å². The second kappa shape index (κ2) is 13.2. The Kier molecular flexibility index (Phi) is 11.4. The van der Waals surface area contributed by atoms with E-state index in [-0.39, 0.29) is 11.8 Å². The van der Waals surface area contributed by atoms with E-state index in [1.807, 2.05) is 39.0 Å². The van der Waals surface area contributed by atoms with Crippen LogP contribution in [-0.4, -0.2) is 47.5 Å². The van der Waals surface area contributed by atoms with Gasteiger partial charge in [-0.15, -0.1) is 0 Å². The third-order valence-electron chi connectivity index (χ3n) is 5.31. The molecule has 0 fully saturated rings. The van der Waals surface area contributed by atoms with Gasteiger partial charge in [0.2, 0.25) is 11.8 Å². The zero-order chi connectivity index (χ0) is 25.2. The van der Waals surface area contributed by atoms with Crippen molar-refractivity contribution in [3.8, 4) is 0 Å². The summed E-state index contributed by atoms with van der Waals surface area (Å²) in [6.45, 7) is 15.9. The minimum absolute atomic E-state index is 0.199. The molecule has 1 rings (SSSR count). The van der Waals surface area contributed by atoms with Gasteiger partial charge in [0.05, 0.1) is 0 Å². The molecule has 0 bridgehead atoms. The summed E-state index contributed by atoms with van der Waals surface area (Å²) in [6, 6.07) is 4.24. The van der Waals surface area contributed by atoms with Gasteiger partial charge in [0, 0.05) is 13.1 Å². The number of nitrogens with zero attached hydrogens (tertiary/aromatic N) is 1. The predicted octanol–water partition coefficient (Wildman–Crippen LogP) is 4.80. The summed E-state index contributed by atoms with van der Waals surface area (Å²) in [5.74, 6) is -0.520. The smallest absolute Gasteiger partial charge is 0.408 e. The molecule has 2 N–H and O–H groups in total. The molecule has 1 aromatic carbocycles. The van der Waals surface area contributed by atoms with Crippen LogP contribution in [0.3, 0.4) is 0 Å². The molecule has 1 aromatic rings. The maximum atomic E-state index is 13.5. The van der Waals surface area contributed by atoms with E-state index in [1.54, 1.807) is 32.6 Å². The molecular weight excluding hydrogens is 418 g/mol. The first kappa shape index (κ1) is 28.5. The van der Waals surface area contributed by atoms with Gasteiger partial charge in [-0.25, -0.2) is 4.79 Å². The molecule has 2 atom stereocenters. The SMILES string of the molecule is CCCCCNC(=O)C(c1c(C)cccc1C)N(CCC)C(=O)C(C)NC(=O)OC(C)(C)C. The molecule has 7 nitrogen and oxygen atoms in total. The van der Waals surface area contributed by atoms with Crippen LogP contribution in [0.1, 0.15) is 90.0 Å². The number of aryl methyl sites for hydroxylation is 2. The summed E-state index contributed by atoms with van der Waals surface area (Å²) in [7, 11) is 0. The van der Waals surface area contributed by atoms with E-state index in [2.05, 4.69) is 17.6 Å². The van der Waals surface area contributed by atoms with Crippen molar-refractivity contribution >= 4 is 17.9 Å². The lowest BCUT2D eigenvalue weighted by molar-refractivity contribution is -0.142. The molecule has 0 aromatic heterocycles. The third-order valence-corrected chi connectivity index (χ3v) is 5.31. The fourth-order valence-electron chi connectivity index (χ4n) is 3.77. The highest BCUT2D eigenvalue weighted by Gasteiger charge is 2.35. The molecule has 3 amide bonds. The maximum absolute atomic E-state index is 13.5. The van der Waals surface area contributed by atoms with Crippen LogP contribution in [0.15, 0.2) is 18.2 Å². The summed E-state index contributed by atoms with van der Waals surface area (Å²) in [4.78, 5) is 40.8. The number of unbranched alkanes of at least 4 members (excludes halogenated alkanes) is 2. The number of ether oxygens (including phenoxy) is 1. The standard InChI is InChI=1S/C26H43N3O4/c1-9-11-12-16-27-23(30)22(21-18(3)14-13-15-19(21)4)29(17-10-2)24(31)20(5)28-25(32)33-26(6,7)8/h13-15,20,22H,9-12,16-17H2,1-8H3,(H,27,30)(H,28,32). The van der Waals surface area contributed by atoms with Crippen molar-refractivity contribution in [2.45, 2.75) is 98.8 Å². The summed E-state index contributed by atoms with van der Waals surface area (Å²) in [5.41, 5.74) is 2.06. The van der Waals surface area contributed by atoms with Crippen LogP contribution in [0.4, 0.5) is 4.79 Å². The highest BCUT2D eigenvalue weighted by molar-refractivity contribution is 5.92. The first-order valence-electron chi connectivity index (χ1n) is 12.1. The molecule has 0 spiro atoms. The molecule has 0 aliphatic carbocycles. The lowest BCUT2D eigenvalue weighted by Gasteiger charge is -2.35. The highest BCUT2D eigenvalue weighted by Crippen LogP contribution is 2.28. The van der Waals surface area contributed by atoms with E-state index in [1.165, 1.54) is 0 Å². The van der Waals surface area contributed by atoms with Gasteiger partial charge >= 0.3 is 6.09 Å². The Morgan fingerprint density at radius 1 is 1.03 bits per heavy atom. The second-order valence-corrected chi connectivity index (χ2v) is 9.61. The van der Waals surface area contributed by atoms with Gasteiger partial charge < -0.3 is 20.3 Å². The summed E-state index contributed by atoms with van der Waals surface area (Å²) in [6.07, 6.45) is 3.00. The average Bonchev–Trinajstić information content (AvgIpc) is 2.70. The minimum atomic E-state index is -0.842. The van der Waals surface area contributed by atoms with E-state index in [0.717, 1.165) is 36.0 Å². The molecular formula is C26H43N3O4. The average molecular weight is 462 g/mol. The number of nitrogens with one attached hydrogen (secondary N) is 2. The van der Waals surface area contributed by atoms with Crippen LogP contribution in [0.2, 0.25) is 0 Å². The monoisotopic (exact) mass is 461 g/mol. The first-order chi connectivity index (χ1) is 15.4. The van der Waals surface area contributed by atoms with Crippen LogP contribution < -0.4 is 10.6 Å². The van der Waals surface area contributed by atoms with Crippen molar-refractivity contribution in [1.29, 1.82) is 0 Å². The molecule has 0 aliphatic rings. The van der Waals surface area contributed by atoms with E-state index < -0.39 is 23.8 Å². The predicted molar refractivity (Wildman–Crippen MR) is 132 cm³/mol. The number of rotatable bonds is 11. The minimum Gasteiger partial charge on any atom is -0.444 e. The lowest BCUT2D eigenvalue weighted by Crippen LogP contribution is -2.52. The second-order valence-electron chi connectivity index (χ2n) is 9.61. The lowest BCUT2D eigenvalue weighted by atomic mass is 9.93. The van der Waals surface area contributed by atoms with E-state index in [9.17, 15) is 14.4 Å². The Labute approximate surface area is 199 Å². The molecule has 0 aliphatic heterocycles. The number of benzene rings is 1. The number of alkyl carbamates (subject to hydrolysis) is 1. The Morgan fingerprint density at radius 2 is 1.64 bits per heavy atom. The van der Waals surface area contributed by atoms with Gasteiger partial charge in [0.15, 0.2) is 0 Å². The fraction of sp³-hybridized carbons (Fsp3) is 0.654. The molecule has 0 saturated carbocycles. The number of carbonyl (C=O) groups is 3. The van der Waals surface area contributed by atoms with Crippen molar-refractivity contribution in [3.63, 3.8) is 0 Å². The highest BCUT2D eigenvalue weighted by atomic mass is 16.6. The quantitative estimate of drug-likeness (QED) is 0.463. The van der Waals surface area contributed by atoms with Gasteiger partial charge in [-0.3, -0.25) is 9.59 Å². The van der Waals surface area contributed by atoms with Crippen LogP contribution in [-0.2, 0) is 14.3 Å². The number of hydrogen-bond acceptors (Lipinski definition) is 4. The molecule has 33 heavy (non-hydrogen) atoms. The van der Waals surface area contributed by atoms with E-state index in [0.29, 0.717) is 19.5 Å². The number of carbonyl (C=O) groups excluding carboxylic acids is 3. The fourth-order valence-corrected chi connectivity index (χ4v) is 3.77. The number of hydrogen-bond donors (Lipinski definition) is 2. The molecule has 186 valence electrons. The van der Waals surface area contributed by atoms with Crippen LogP contribution in [0.5, 0.6) is 0 Å². The molecule has 0 heterocycles. The van der Waals surface area contributed by atoms with Gasteiger partial charge in [-0.2, -0.15) is 0 Å². The Hall–Kier alpha value is -2.57. The summed E-state index contributed by atoms with van der Waals surface area (Å²) >= 11 is 0. The normalized spacial score (nSPS) is 13.1. The van der Waals surface area contributed by atoms with Crippen molar-refractivity contribution in [1.82, 2.24) is 15.5 Å². The summed E-state index contributed by atoms with van der Waals surface area (Å²) < 4.78 is 5.31. The zero-order valence-electron chi connectivity index (χ0n) is 21.7. The molecule has 0 radical (unpaired) electrons. The topological polar surface area (TPSA) is 87.7 Å². The van der Waals surface area contributed by atoms with E-state index >= 15 is 0 Å². The van der Waals surface area contributed by atoms with Gasteiger partial charge in [-0.1, -0.05) is 44.9 Å². The van der Waals surface area contributed by atoms with Crippen LogP contribution in [0, 0.1) is 13.8 Å². The van der Waals surface area contributed by atoms with Crippen LogP contribution >= 0.6 is 0 Å². The van der Waals surface area contributed by atoms with Crippen LogP contribution in [0.25, 0.3) is 0 Å². The summed E-state index contributed by atoms with van der Waals surface area (Å²) in [5, 5.41) is 5.66. The van der Waals surface area contributed by atoms with Gasteiger partial charge in [-0.05, 0) is 71.1 Å². The van der Waals surface area contributed by atoms with Gasteiger partial charge in [0.1, 0.15) is 17.7 Å².